The maximum Gasteiger partial charge on any atom is 0.376 e. The minimum absolute atomic E-state index is 0.0474. The van der Waals surface area contributed by atoms with Gasteiger partial charge in [0.05, 0.1) is 16.1 Å². The van der Waals surface area contributed by atoms with Crippen molar-refractivity contribution >= 4 is 56.0 Å². The Hall–Kier alpha value is -0.980. The number of fused-ring (bicyclic) bond motifs is 1. The molecular weight excluding hydrogens is 362 g/mol. The SMILES string of the molecule is CCOC(=O)c1nc(Cl)c2cc(Cl)c(Br)c(F)c2n1. The standard InChI is InChI=1S/C11H6BrCl2FN2O2/c1-2-19-11(18)10-16-8-4(9(14)17-10)3-5(13)6(12)7(8)15/h3H,2H2,1H3. The van der Waals surface area contributed by atoms with Crippen LogP contribution < -0.4 is 0 Å². The van der Waals surface area contributed by atoms with Crippen LogP contribution in [0.1, 0.15) is 17.5 Å². The molecule has 1 aromatic carbocycles. The highest BCUT2D eigenvalue weighted by Crippen LogP contribution is 2.33. The molecule has 2 rings (SSSR count). The lowest BCUT2D eigenvalue weighted by Gasteiger charge is -2.07. The van der Waals surface area contributed by atoms with E-state index in [0.29, 0.717) is 0 Å². The Balaban J connectivity index is 2.72. The van der Waals surface area contributed by atoms with E-state index < -0.39 is 11.8 Å². The van der Waals surface area contributed by atoms with Gasteiger partial charge in [-0.15, -0.1) is 0 Å². The number of rotatable bonds is 2. The van der Waals surface area contributed by atoms with Crippen LogP contribution in [0.5, 0.6) is 0 Å². The smallest absolute Gasteiger partial charge is 0.376 e. The molecule has 1 aromatic heterocycles. The van der Waals surface area contributed by atoms with E-state index in [0.717, 1.165) is 0 Å². The van der Waals surface area contributed by atoms with Gasteiger partial charge in [-0.25, -0.2) is 19.2 Å². The molecule has 1 heterocycles. The summed E-state index contributed by atoms with van der Waals surface area (Å²) in [7, 11) is 0. The second kappa shape index (κ2) is 5.56. The van der Waals surface area contributed by atoms with Gasteiger partial charge in [0.1, 0.15) is 10.7 Å². The van der Waals surface area contributed by atoms with Gasteiger partial charge in [0.15, 0.2) is 5.82 Å². The van der Waals surface area contributed by atoms with Gasteiger partial charge in [0, 0.05) is 5.39 Å². The average molecular weight is 368 g/mol. The lowest BCUT2D eigenvalue weighted by Crippen LogP contribution is -2.10. The highest BCUT2D eigenvalue weighted by atomic mass is 79.9. The molecule has 100 valence electrons. The predicted octanol–water partition coefficient (Wildman–Crippen LogP) is 4.01. The van der Waals surface area contributed by atoms with Crippen LogP contribution in [0.4, 0.5) is 4.39 Å². The lowest BCUT2D eigenvalue weighted by molar-refractivity contribution is 0.0512. The fourth-order valence-corrected chi connectivity index (χ4v) is 2.14. The number of ether oxygens (including phenoxy) is 1. The van der Waals surface area contributed by atoms with E-state index in [1.165, 1.54) is 6.07 Å². The molecule has 4 nitrogen and oxygen atoms in total. The first-order valence-electron chi connectivity index (χ1n) is 5.13. The third kappa shape index (κ3) is 2.66. The van der Waals surface area contributed by atoms with Crippen LogP contribution in [0.15, 0.2) is 10.5 Å². The molecule has 0 aliphatic rings. The second-order valence-corrected chi connectivity index (χ2v) is 5.00. The molecule has 0 amide bonds. The summed E-state index contributed by atoms with van der Waals surface area (Å²) < 4.78 is 18.8. The molecule has 0 spiro atoms. The fourth-order valence-electron chi connectivity index (χ4n) is 1.42. The normalized spacial score (nSPS) is 10.8. The van der Waals surface area contributed by atoms with Gasteiger partial charge in [0.2, 0.25) is 5.82 Å². The molecule has 0 bridgehead atoms. The molecule has 0 unspecified atom stereocenters. The predicted molar refractivity (Wildman–Crippen MR) is 73.2 cm³/mol. The van der Waals surface area contributed by atoms with Crippen LogP contribution in [0.25, 0.3) is 10.9 Å². The molecule has 0 N–H and O–H groups in total. The average Bonchev–Trinajstić information content (AvgIpc) is 2.37. The third-order valence-electron chi connectivity index (χ3n) is 2.24. The van der Waals surface area contributed by atoms with Crippen LogP contribution in [0.3, 0.4) is 0 Å². The molecule has 0 aliphatic carbocycles. The highest BCUT2D eigenvalue weighted by Gasteiger charge is 2.19. The summed E-state index contributed by atoms with van der Waals surface area (Å²) in [6.07, 6.45) is 0. The number of benzene rings is 1. The van der Waals surface area contributed by atoms with Crippen LogP contribution in [0, 0.1) is 5.82 Å². The molecule has 8 heteroatoms. The van der Waals surface area contributed by atoms with Crippen molar-refractivity contribution in [2.24, 2.45) is 0 Å². The van der Waals surface area contributed by atoms with Gasteiger partial charge >= 0.3 is 5.97 Å². The molecule has 0 fully saturated rings. The summed E-state index contributed by atoms with van der Waals surface area (Å²) in [6.45, 7) is 1.79. The molecule has 0 aliphatic heterocycles. The molecule has 2 aromatic rings. The molecule has 19 heavy (non-hydrogen) atoms. The van der Waals surface area contributed by atoms with Crippen molar-refractivity contribution in [3.05, 3.63) is 32.4 Å². The molecule has 0 saturated carbocycles. The van der Waals surface area contributed by atoms with Crippen LogP contribution in [-0.4, -0.2) is 22.5 Å². The van der Waals surface area contributed by atoms with Crippen molar-refractivity contribution in [2.45, 2.75) is 6.92 Å². The maximum absolute atomic E-state index is 14.0. The third-order valence-corrected chi connectivity index (χ3v) is 3.83. The molecule has 0 radical (unpaired) electrons. The first-order chi connectivity index (χ1) is 8.95. The van der Waals surface area contributed by atoms with Crippen molar-refractivity contribution in [3.8, 4) is 0 Å². The van der Waals surface area contributed by atoms with Crippen molar-refractivity contribution in [1.29, 1.82) is 0 Å². The highest BCUT2D eigenvalue weighted by molar-refractivity contribution is 9.10. The Bertz CT molecular complexity index is 682. The van der Waals surface area contributed by atoms with E-state index in [4.69, 9.17) is 27.9 Å². The Kier molecular flexibility index (Phi) is 4.23. The number of hydrogen-bond donors (Lipinski definition) is 0. The number of aromatic nitrogens is 2. The van der Waals surface area contributed by atoms with Gasteiger partial charge in [0.25, 0.3) is 0 Å². The maximum atomic E-state index is 14.0. The largest absolute Gasteiger partial charge is 0.460 e. The summed E-state index contributed by atoms with van der Waals surface area (Å²) in [5, 5.41) is 0.293. The Morgan fingerprint density at radius 2 is 2.16 bits per heavy atom. The number of halogens is 4. The minimum atomic E-state index is -0.767. The Labute approximate surface area is 126 Å². The summed E-state index contributed by atoms with van der Waals surface area (Å²) >= 11 is 14.7. The lowest BCUT2D eigenvalue weighted by atomic mass is 10.2. The van der Waals surface area contributed by atoms with Crippen molar-refractivity contribution < 1.29 is 13.9 Å². The number of carbonyl (C=O) groups excluding carboxylic acids is 1. The summed E-state index contributed by atoms with van der Waals surface area (Å²) in [4.78, 5) is 19.1. The number of nitrogens with zero attached hydrogens (tertiary/aromatic N) is 2. The molecule has 0 saturated heterocycles. The topological polar surface area (TPSA) is 52.1 Å². The Morgan fingerprint density at radius 1 is 1.47 bits per heavy atom. The van der Waals surface area contributed by atoms with Crippen molar-refractivity contribution in [2.75, 3.05) is 6.61 Å². The van der Waals surface area contributed by atoms with Gasteiger partial charge in [-0.1, -0.05) is 23.2 Å². The zero-order valence-electron chi connectivity index (χ0n) is 9.51. The van der Waals surface area contributed by atoms with Gasteiger partial charge in [-0.05, 0) is 28.9 Å². The Morgan fingerprint density at radius 3 is 2.79 bits per heavy atom. The first-order valence-corrected chi connectivity index (χ1v) is 6.68. The number of esters is 1. The van der Waals surface area contributed by atoms with E-state index in [9.17, 15) is 9.18 Å². The van der Waals surface area contributed by atoms with E-state index in [-0.39, 0.29) is 38.0 Å². The first kappa shape index (κ1) is 14.4. The monoisotopic (exact) mass is 366 g/mol. The quantitative estimate of drug-likeness (QED) is 0.457. The van der Waals surface area contributed by atoms with Gasteiger partial charge in [-0.3, -0.25) is 0 Å². The van der Waals surface area contributed by atoms with E-state index >= 15 is 0 Å². The van der Waals surface area contributed by atoms with E-state index in [1.54, 1.807) is 6.92 Å². The fraction of sp³-hybridized carbons (Fsp3) is 0.182. The number of carbonyl (C=O) groups is 1. The zero-order valence-corrected chi connectivity index (χ0v) is 12.6. The van der Waals surface area contributed by atoms with Gasteiger partial charge < -0.3 is 4.74 Å². The van der Waals surface area contributed by atoms with Crippen LogP contribution in [-0.2, 0) is 4.74 Å². The van der Waals surface area contributed by atoms with E-state index in [1.807, 2.05) is 0 Å². The zero-order chi connectivity index (χ0) is 14.2. The van der Waals surface area contributed by atoms with Crippen LogP contribution in [0.2, 0.25) is 10.2 Å². The summed E-state index contributed by atoms with van der Waals surface area (Å²) in [6, 6.07) is 1.42. The summed E-state index contributed by atoms with van der Waals surface area (Å²) in [5.41, 5.74) is -0.0978. The van der Waals surface area contributed by atoms with E-state index in [2.05, 4.69) is 25.9 Å². The molecule has 0 atom stereocenters. The molecular formula is C11H6BrCl2FN2O2. The second-order valence-electron chi connectivity index (χ2n) is 3.44. The van der Waals surface area contributed by atoms with Crippen LogP contribution >= 0.6 is 39.1 Å². The summed E-state index contributed by atoms with van der Waals surface area (Å²) in [5.74, 6) is -1.78. The minimum Gasteiger partial charge on any atom is -0.460 e. The van der Waals surface area contributed by atoms with Crippen molar-refractivity contribution in [3.63, 3.8) is 0 Å². The van der Waals surface area contributed by atoms with Crippen molar-refractivity contribution in [1.82, 2.24) is 9.97 Å². The number of hydrogen-bond acceptors (Lipinski definition) is 4. The van der Waals surface area contributed by atoms with Gasteiger partial charge in [-0.2, -0.15) is 0 Å².